The van der Waals surface area contributed by atoms with E-state index in [0.29, 0.717) is 17.6 Å². The Morgan fingerprint density at radius 3 is 2.67 bits per heavy atom. The number of halogens is 1. The van der Waals surface area contributed by atoms with E-state index in [0.717, 1.165) is 29.8 Å². The van der Waals surface area contributed by atoms with Crippen molar-refractivity contribution >= 4 is 40.4 Å². The van der Waals surface area contributed by atoms with E-state index in [-0.39, 0.29) is 16.2 Å². The summed E-state index contributed by atoms with van der Waals surface area (Å²) in [6.45, 7) is 6.80. The van der Waals surface area contributed by atoms with Crippen molar-refractivity contribution in [2.45, 2.75) is 50.8 Å². The molecule has 1 unspecified atom stereocenters. The van der Waals surface area contributed by atoms with Crippen LogP contribution in [-0.2, 0) is 17.8 Å². The van der Waals surface area contributed by atoms with Crippen molar-refractivity contribution < 1.29 is 14.5 Å². The van der Waals surface area contributed by atoms with Crippen molar-refractivity contribution in [2.24, 2.45) is 5.41 Å². The van der Waals surface area contributed by atoms with Crippen LogP contribution in [0.4, 0.5) is 4.79 Å². The van der Waals surface area contributed by atoms with E-state index in [4.69, 9.17) is 11.6 Å². The summed E-state index contributed by atoms with van der Waals surface area (Å²) in [7, 11) is 0. The third kappa shape index (κ3) is 3.26. The molecular weight excluding hydrogens is 370 g/mol. The Bertz CT molecular complexity index is 638. The molecule has 1 aliphatic heterocycles. The van der Waals surface area contributed by atoms with Crippen LogP contribution in [0.1, 0.15) is 50.2 Å². The highest BCUT2D eigenvalue weighted by atomic mass is 35.5. The number of rotatable bonds is 2. The van der Waals surface area contributed by atoms with Gasteiger partial charge in [-0.2, -0.15) is 0 Å². The van der Waals surface area contributed by atoms with Crippen LogP contribution in [0.15, 0.2) is 0 Å². The predicted octanol–water partition coefficient (Wildman–Crippen LogP) is 3.21. The number of thiazole rings is 1. The average molecular weight is 392 g/mol. The third-order valence-corrected chi connectivity index (χ3v) is 7.74. The lowest BCUT2D eigenvalue weighted by Crippen LogP contribution is -2.50. The van der Waals surface area contributed by atoms with Gasteiger partial charge in [0.1, 0.15) is 4.75 Å². The number of aromatic nitrogens is 1. The van der Waals surface area contributed by atoms with Crippen LogP contribution in [0.3, 0.4) is 0 Å². The van der Waals surface area contributed by atoms with Gasteiger partial charge in [0.15, 0.2) is 4.47 Å². The van der Waals surface area contributed by atoms with Crippen molar-refractivity contribution in [1.82, 2.24) is 14.6 Å². The molecule has 1 fully saturated rings. The standard InChI is InChI=1S/C15H22ClN3O3S2/c1-14(2,3)24(22)18-11-10-9(17-12(16)23-10)8-15(11)4-6-19(7-5-15)13(20)21/h11,18H,4-8H2,1-3H3,(H,20,21)/t11-,24?/m0/s1. The second-order valence-electron chi connectivity index (χ2n) is 7.52. The molecule has 2 atom stereocenters. The van der Waals surface area contributed by atoms with Crippen LogP contribution in [0.25, 0.3) is 0 Å². The summed E-state index contributed by atoms with van der Waals surface area (Å²) in [6, 6.07) is -0.0893. The molecule has 134 valence electrons. The van der Waals surface area contributed by atoms with E-state index in [9.17, 15) is 14.5 Å². The van der Waals surface area contributed by atoms with Gasteiger partial charge in [0, 0.05) is 29.9 Å². The number of carbonyl (C=O) groups is 1. The minimum absolute atomic E-state index is 0.0893. The first kappa shape index (κ1) is 18.3. The summed E-state index contributed by atoms with van der Waals surface area (Å²) in [5.41, 5.74) is 0.836. The Labute approximate surface area is 153 Å². The molecule has 1 spiro atoms. The molecule has 0 radical (unpaired) electrons. The van der Waals surface area contributed by atoms with Crippen LogP contribution in [-0.4, -0.2) is 43.5 Å². The Kier molecular flexibility index (Phi) is 4.81. The lowest BCUT2D eigenvalue weighted by molar-refractivity contribution is 0.0765. The zero-order chi connectivity index (χ0) is 17.7. The fourth-order valence-electron chi connectivity index (χ4n) is 3.47. The second kappa shape index (κ2) is 6.32. The quantitative estimate of drug-likeness (QED) is 0.755. The molecule has 2 N–H and O–H groups in total. The van der Waals surface area contributed by atoms with Gasteiger partial charge in [-0.3, -0.25) is 0 Å². The number of nitrogens with one attached hydrogen (secondary N) is 1. The predicted molar refractivity (Wildman–Crippen MR) is 95.9 cm³/mol. The van der Waals surface area contributed by atoms with E-state index in [2.05, 4.69) is 9.71 Å². The van der Waals surface area contributed by atoms with Crippen molar-refractivity contribution in [3.05, 3.63) is 15.0 Å². The van der Waals surface area contributed by atoms with Crippen LogP contribution < -0.4 is 4.72 Å². The Morgan fingerprint density at radius 1 is 1.50 bits per heavy atom. The van der Waals surface area contributed by atoms with Crippen LogP contribution in [0.5, 0.6) is 0 Å². The molecule has 9 heteroatoms. The SMILES string of the molecule is CC(C)(C)[S+]([O-])N[C@H]1c2sc(Cl)nc2CC12CCN(C(=O)O)CC2. The molecule has 1 saturated heterocycles. The van der Waals surface area contributed by atoms with Crippen molar-refractivity contribution in [3.8, 4) is 0 Å². The maximum absolute atomic E-state index is 12.7. The smallest absolute Gasteiger partial charge is 0.407 e. The molecule has 0 bridgehead atoms. The number of carboxylic acid groups (broad SMARTS) is 1. The minimum atomic E-state index is -1.21. The molecule has 3 rings (SSSR count). The number of hydrogen-bond acceptors (Lipinski definition) is 5. The molecule has 0 saturated carbocycles. The molecule has 1 aromatic rings. The second-order valence-corrected chi connectivity index (χ2v) is 11.1. The van der Waals surface area contributed by atoms with Gasteiger partial charge >= 0.3 is 6.09 Å². The normalized spacial score (nSPS) is 24.2. The zero-order valence-electron chi connectivity index (χ0n) is 14.0. The minimum Gasteiger partial charge on any atom is -0.598 e. The summed E-state index contributed by atoms with van der Waals surface area (Å²) in [4.78, 5) is 18.1. The number of fused-ring (bicyclic) bond motifs is 1. The van der Waals surface area contributed by atoms with Gasteiger partial charge in [-0.05, 0) is 40.0 Å². The maximum atomic E-state index is 12.7. The Balaban J connectivity index is 1.86. The Hall–Kier alpha value is -0.540. The van der Waals surface area contributed by atoms with E-state index in [1.54, 1.807) is 0 Å². The molecule has 1 aromatic heterocycles. The van der Waals surface area contributed by atoms with Crippen LogP contribution in [0, 0.1) is 5.41 Å². The van der Waals surface area contributed by atoms with Crippen molar-refractivity contribution in [3.63, 3.8) is 0 Å². The zero-order valence-corrected chi connectivity index (χ0v) is 16.4. The highest BCUT2D eigenvalue weighted by molar-refractivity contribution is 7.90. The molecule has 6 nitrogen and oxygen atoms in total. The molecule has 1 amide bonds. The van der Waals surface area contributed by atoms with E-state index >= 15 is 0 Å². The molecule has 2 heterocycles. The summed E-state index contributed by atoms with van der Waals surface area (Å²) >= 11 is 6.31. The fraction of sp³-hybridized carbons (Fsp3) is 0.733. The van der Waals surface area contributed by atoms with E-state index in [1.165, 1.54) is 16.2 Å². The number of amides is 1. The van der Waals surface area contributed by atoms with Gasteiger partial charge in [-0.15, -0.1) is 16.1 Å². The monoisotopic (exact) mass is 391 g/mol. The van der Waals surface area contributed by atoms with Crippen molar-refractivity contribution in [1.29, 1.82) is 0 Å². The number of likely N-dealkylation sites (tertiary alicyclic amines) is 1. The summed E-state index contributed by atoms with van der Waals surface area (Å²) in [5, 5.41) is 9.19. The van der Waals surface area contributed by atoms with Crippen LogP contribution >= 0.6 is 22.9 Å². The Morgan fingerprint density at radius 2 is 2.12 bits per heavy atom. The number of piperidine rings is 1. The van der Waals surface area contributed by atoms with Gasteiger partial charge in [0.25, 0.3) is 0 Å². The van der Waals surface area contributed by atoms with E-state index < -0.39 is 17.5 Å². The molecule has 0 aromatic carbocycles. The topological polar surface area (TPSA) is 88.5 Å². The summed E-state index contributed by atoms with van der Waals surface area (Å²) < 4.78 is 16.1. The first-order valence-electron chi connectivity index (χ1n) is 7.93. The van der Waals surface area contributed by atoms with Gasteiger partial charge < -0.3 is 14.6 Å². The largest absolute Gasteiger partial charge is 0.598 e. The lowest BCUT2D eigenvalue weighted by atomic mass is 9.74. The highest BCUT2D eigenvalue weighted by Crippen LogP contribution is 2.54. The third-order valence-electron chi connectivity index (χ3n) is 4.91. The summed E-state index contributed by atoms with van der Waals surface area (Å²) in [6.07, 6.45) is 1.36. The first-order valence-corrected chi connectivity index (χ1v) is 10.3. The molecular formula is C15H22ClN3O3S2. The summed E-state index contributed by atoms with van der Waals surface area (Å²) in [5.74, 6) is 0. The van der Waals surface area contributed by atoms with Gasteiger partial charge in [0.05, 0.1) is 16.6 Å². The highest BCUT2D eigenvalue weighted by Gasteiger charge is 2.52. The van der Waals surface area contributed by atoms with Gasteiger partial charge in [0.2, 0.25) is 0 Å². The maximum Gasteiger partial charge on any atom is 0.407 e. The van der Waals surface area contributed by atoms with Gasteiger partial charge in [-0.25, -0.2) is 9.78 Å². The fourth-order valence-corrected chi connectivity index (χ4v) is 5.83. The molecule has 24 heavy (non-hydrogen) atoms. The number of nitrogens with zero attached hydrogens (tertiary/aromatic N) is 2. The van der Waals surface area contributed by atoms with Crippen LogP contribution in [0.2, 0.25) is 4.47 Å². The van der Waals surface area contributed by atoms with Gasteiger partial charge in [-0.1, -0.05) is 11.6 Å². The first-order chi connectivity index (χ1) is 11.1. The molecule has 1 aliphatic carbocycles. The van der Waals surface area contributed by atoms with Crippen molar-refractivity contribution in [2.75, 3.05) is 13.1 Å². The van der Waals surface area contributed by atoms with E-state index in [1.807, 2.05) is 20.8 Å². The lowest BCUT2D eigenvalue weighted by Gasteiger charge is -2.42. The average Bonchev–Trinajstić information content (AvgIpc) is 2.94. The number of hydrogen-bond donors (Lipinski definition) is 2. The molecule has 2 aliphatic rings.